The maximum absolute atomic E-state index is 12.5. The van der Waals surface area contributed by atoms with Gasteiger partial charge in [-0.15, -0.1) is 0 Å². The molecule has 0 fully saturated rings. The first kappa shape index (κ1) is 18.6. The summed E-state index contributed by atoms with van der Waals surface area (Å²) in [6, 6.07) is 9.87. The molecular weight excluding hydrogens is 346 g/mol. The highest BCUT2D eigenvalue weighted by atomic mass is 16.5. The predicted octanol–water partition coefficient (Wildman–Crippen LogP) is 4.32. The van der Waals surface area contributed by atoms with Crippen LogP contribution in [0.4, 0.5) is 5.69 Å². The maximum atomic E-state index is 12.5. The van der Waals surface area contributed by atoms with Crippen LogP contribution in [0.5, 0.6) is 17.2 Å². The van der Waals surface area contributed by atoms with Gasteiger partial charge in [0.05, 0.1) is 17.6 Å². The molecule has 27 heavy (non-hydrogen) atoms. The molecule has 0 bridgehead atoms. The van der Waals surface area contributed by atoms with Crippen molar-refractivity contribution in [3.05, 3.63) is 46.6 Å². The van der Waals surface area contributed by atoms with E-state index in [1.165, 1.54) is 6.07 Å². The minimum absolute atomic E-state index is 0.0252. The average molecular weight is 369 g/mol. The molecule has 3 N–H and O–H groups in total. The van der Waals surface area contributed by atoms with Gasteiger partial charge in [-0.25, -0.2) is 0 Å². The number of nitrogens with two attached hydrogens (primary N) is 1. The number of fused-ring (bicyclic) bond motifs is 1. The lowest BCUT2D eigenvalue weighted by atomic mass is 10.1. The van der Waals surface area contributed by atoms with Gasteiger partial charge in [-0.05, 0) is 64.1 Å². The van der Waals surface area contributed by atoms with E-state index < -0.39 is 11.2 Å². The topological polar surface area (TPSA) is 94.9 Å². The van der Waals surface area contributed by atoms with Gasteiger partial charge in [0.1, 0.15) is 5.58 Å². The summed E-state index contributed by atoms with van der Waals surface area (Å²) in [5.41, 5.74) is 6.46. The molecule has 2 aromatic carbocycles. The molecule has 0 radical (unpaired) electrons. The van der Waals surface area contributed by atoms with Crippen LogP contribution in [0, 0.1) is 0 Å². The Bertz CT molecular complexity index is 1040. The third kappa shape index (κ3) is 3.84. The molecule has 0 saturated carbocycles. The molecule has 142 valence electrons. The summed E-state index contributed by atoms with van der Waals surface area (Å²) < 4.78 is 17.4. The van der Waals surface area contributed by atoms with E-state index in [2.05, 4.69) is 0 Å². The standard InChI is InChI=1S/C21H23NO5/c1-11(2)25-17-7-5-13(9-18(17)26-12(3)4)21-20(24)19(23)15-10-14(22)6-8-16(15)27-21/h5-12,24H,22H2,1-4H3. The summed E-state index contributed by atoms with van der Waals surface area (Å²) in [6.07, 6.45) is -0.0993. The molecule has 1 aromatic heterocycles. The second-order valence-corrected chi connectivity index (χ2v) is 6.86. The molecule has 0 aliphatic carbocycles. The number of nitrogen functional groups attached to an aromatic ring is 1. The Labute approximate surface area is 157 Å². The lowest BCUT2D eigenvalue weighted by Crippen LogP contribution is -2.11. The van der Waals surface area contributed by atoms with Crippen molar-refractivity contribution in [2.75, 3.05) is 5.73 Å². The molecule has 0 spiro atoms. The van der Waals surface area contributed by atoms with E-state index in [9.17, 15) is 9.90 Å². The fourth-order valence-corrected chi connectivity index (χ4v) is 2.75. The summed E-state index contributed by atoms with van der Waals surface area (Å²) in [6.45, 7) is 7.66. The third-order valence-corrected chi connectivity index (χ3v) is 3.82. The fraction of sp³-hybridized carbons (Fsp3) is 0.286. The molecule has 6 heteroatoms. The SMILES string of the molecule is CC(C)Oc1ccc(-c2oc3ccc(N)cc3c(=O)c2O)cc1OC(C)C. The Morgan fingerprint density at radius 3 is 2.30 bits per heavy atom. The fourth-order valence-electron chi connectivity index (χ4n) is 2.75. The number of hydrogen-bond acceptors (Lipinski definition) is 6. The Balaban J connectivity index is 2.17. The molecule has 0 unspecified atom stereocenters. The predicted molar refractivity (Wildman–Crippen MR) is 106 cm³/mol. The zero-order valence-corrected chi connectivity index (χ0v) is 15.8. The quantitative estimate of drug-likeness (QED) is 0.650. The number of aromatic hydroxyl groups is 1. The summed E-state index contributed by atoms with van der Waals surface area (Å²) in [7, 11) is 0. The van der Waals surface area contributed by atoms with Crippen molar-refractivity contribution in [2.45, 2.75) is 39.9 Å². The van der Waals surface area contributed by atoms with Gasteiger partial charge in [0.15, 0.2) is 17.3 Å². The van der Waals surface area contributed by atoms with Crippen LogP contribution < -0.4 is 20.6 Å². The van der Waals surface area contributed by atoms with Gasteiger partial charge in [0, 0.05) is 11.3 Å². The molecule has 0 saturated heterocycles. The van der Waals surface area contributed by atoms with Crippen LogP contribution >= 0.6 is 0 Å². The van der Waals surface area contributed by atoms with Gasteiger partial charge in [-0.2, -0.15) is 0 Å². The van der Waals surface area contributed by atoms with Gasteiger partial charge in [-0.3, -0.25) is 4.79 Å². The molecule has 0 amide bonds. The minimum atomic E-state index is -0.535. The van der Waals surface area contributed by atoms with E-state index in [4.69, 9.17) is 19.6 Å². The Morgan fingerprint density at radius 1 is 0.963 bits per heavy atom. The molecule has 6 nitrogen and oxygen atoms in total. The molecule has 0 aliphatic rings. The average Bonchev–Trinajstić information content (AvgIpc) is 2.59. The van der Waals surface area contributed by atoms with Gasteiger partial charge in [0.2, 0.25) is 11.2 Å². The monoisotopic (exact) mass is 369 g/mol. The molecule has 1 heterocycles. The first-order chi connectivity index (χ1) is 12.8. The van der Waals surface area contributed by atoms with Gasteiger partial charge < -0.3 is 24.7 Å². The van der Waals surface area contributed by atoms with Crippen LogP contribution in [0.1, 0.15) is 27.7 Å². The smallest absolute Gasteiger partial charge is 0.235 e. The van der Waals surface area contributed by atoms with E-state index in [1.807, 2.05) is 27.7 Å². The second-order valence-electron chi connectivity index (χ2n) is 6.86. The zero-order chi connectivity index (χ0) is 19.7. The number of ether oxygens (including phenoxy) is 2. The molecule has 0 atom stereocenters. The Morgan fingerprint density at radius 2 is 1.63 bits per heavy atom. The molecule has 3 aromatic rings. The van der Waals surface area contributed by atoms with Gasteiger partial charge >= 0.3 is 0 Å². The highest BCUT2D eigenvalue weighted by molar-refractivity contribution is 5.84. The van der Waals surface area contributed by atoms with E-state index in [0.717, 1.165) is 0 Å². The lowest BCUT2D eigenvalue weighted by Gasteiger charge is -2.18. The summed E-state index contributed by atoms with van der Waals surface area (Å²) in [5, 5.41) is 10.6. The molecule has 3 rings (SSSR count). The molecular formula is C21H23NO5. The van der Waals surface area contributed by atoms with E-state index in [-0.39, 0.29) is 23.4 Å². The highest BCUT2D eigenvalue weighted by Crippen LogP contribution is 2.37. The van der Waals surface area contributed by atoms with Crippen LogP contribution in [0.15, 0.2) is 45.6 Å². The first-order valence-corrected chi connectivity index (χ1v) is 8.79. The van der Waals surface area contributed by atoms with Crippen LogP contribution in [-0.4, -0.2) is 17.3 Å². The van der Waals surface area contributed by atoms with Crippen LogP contribution in [-0.2, 0) is 0 Å². The van der Waals surface area contributed by atoms with E-state index >= 15 is 0 Å². The van der Waals surface area contributed by atoms with Crippen LogP contribution in [0.2, 0.25) is 0 Å². The number of rotatable bonds is 5. The highest BCUT2D eigenvalue weighted by Gasteiger charge is 2.18. The van der Waals surface area contributed by atoms with Crippen molar-refractivity contribution in [1.29, 1.82) is 0 Å². The Kier molecular flexibility index (Phi) is 4.99. The largest absolute Gasteiger partial charge is 0.502 e. The summed E-state index contributed by atoms with van der Waals surface area (Å²) >= 11 is 0. The van der Waals surface area contributed by atoms with Crippen molar-refractivity contribution in [3.8, 4) is 28.6 Å². The van der Waals surface area contributed by atoms with Crippen molar-refractivity contribution >= 4 is 16.7 Å². The van der Waals surface area contributed by atoms with E-state index in [0.29, 0.717) is 28.3 Å². The minimum Gasteiger partial charge on any atom is -0.502 e. The van der Waals surface area contributed by atoms with Crippen LogP contribution in [0.25, 0.3) is 22.3 Å². The van der Waals surface area contributed by atoms with Crippen LogP contribution in [0.3, 0.4) is 0 Å². The van der Waals surface area contributed by atoms with Crippen molar-refractivity contribution in [1.82, 2.24) is 0 Å². The third-order valence-electron chi connectivity index (χ3n) is 3.82. The van der Waals surface area contributed by atoms with Crippen molar-refractivity contribution < 1.29 is 19.0 Å². The summed E-state index contributed by atoms with van der Waals surface area (Å²) in [5.74, 6) is 0.691. The van der Waals surface area contributed by atoms with E-state index in [1.54, 1.807) is 30.3 Å². The summed E-state index contributed by atoms with van der Waals surface area (Å²) in [4.78, 5) is 12.5. The number of hydrogen-bond donors (Lipinski definition) is 2. The zero-order valence-electron chi connectivity index (χ0n) is 15.8. The normalized spacial score (nSPS) is 11.3. The molecule has 0 aliphatic heterocycles. The second kappa shape index (κ2) is 7.23. The number of benzene rings is 2. The number of anilines is 1. The van der Waals surface area contributed by atoms with Crippen molar-refractivity contribution in [2.24, 2.45) is 0 Å². The van der Waals surface area contributed by atoms with Gasteiger partial charge in [0.25, 0.3) is 0 Å². The lowest BCUT2D eigenvalue weighted by molar-refractivity contribution is 0.199. The van der Waals surface area contributed by atoms with Crippen molar-refractivity contribution in [3.63, 3.8) is 0 Å². The van der Waals surface area contributed by atoms with Gasteiger partial charge in [-0.1, -0.05) is 0 Å². The maximum Gasteiger partial charge on any atom is 0.235 e. The Hall–Kier alpha value is -3.15. The first-order valence-electron chi connectivity index (χ1n) is 8.79.